The Bertz CT molecular complexity index is 339. The number of esters is 1. The summed E-state index contributed by atoms with van der Waals surface area (Å²) in [6.07, 6.45) is -1.84. The fourth-order valence-electron chi connectivity index (χ4n) is 1.94. The van der Waals surface area contributed by atoms with Crippen molar-refractivity contribution in [1.82, 2.24) is 0 Å². The van der Waals surface area contributed by atoms with E-state index in [2.05, 4.69) is 10.0 Å². The highest BCUT2D eigenvalue weighted by atomic mass is 16.7. The maximum Gasteiger partial charge on any atom is 0.302 e. The standard InChI is InChI=1S/C11H19N3O5/c1-4-16-11(17-5-2)10-9(13-14-12)8(6-18-10)19-7(3)15/h8-11H,4-6H2,1-3H3/t8-,9+,10?/m1/s1. The maximum atomic E-state index is 11.0. The van der Waals surface area contributed by atoms with Crippen LogP contribution in [0.1, 0.15) is 20.8 Å². The van der Waals surface area contributed by atoms with Crippen molar-refractivity contribution >= 4 is 5.97 Å². The van der Waals surface area contributed by atoms with Gasteiger partial charge >= 0.3 is 5.97 Å². The number of nitrogens with zero attached hydrogens (tertiary/aromatic N) is 3. The molecule has 0 aromatic rings. The highest BCUT2D eigenvalue weighted by molar-refractivity contribution is 5.66. The smallest absolute Gasteiger partial charge is 0.302 e. The Balaban J connectivity index is 2.80. The van der Waals surface area contributed by atoms with E-state index in [1.807, 2.05) is 13.8 Å². The Kier molecular flexibility index (Phi) is 6.58. The summed E-state index contributed by atoms with van der Waals surface area (Å²) in [5.74, 6) is -0.447. The van der Waals surface area contributed by atoms with Crippen molar-refractivity contribution in [2.45, 2.75) is 45.3 Å². The molecule has 3 atom stereocenters. The van der Waals surface area contributed by atoms with Gasteiger partial charge in [0.25, 0.3) is 0 Å². The number of carbonyl (C=O) groups is 1. The average molecular weight is 273 g/mol. The van der Waals surface area contributed by atoms with Gasteiger partial charge in [-0.15, -0.1) is 0 Å². The summed E-state index contributed by atoms with van der Waals surface area (Å²) in [5, 5.41) is 3.64. The summed E-state index contributed by atoms with van der Waals surface area (Å²) in [4.78, 5) is 13.8. The first-order valence-electron chi connectivity index (χ1n) is 6.20. The van der Waals surface area contributed by atoms with Gasteiger partial charge in [0.15, 0.2) is 6.29 Å². The van der Waals surface area contributed by atoms with E-state index in [1.165, 1.54) is 6.92 Å². The average Bonchev–Trinajstić information content (AvgIpc) is 2.72. The summed E-state index contributed by atoms with van der Waals surface area (Å²) in [6.45, 7) is 5.98. The topological polar surface area (TPSA) is 103 Å². The molecule has 0 radical (unpaired) electrons. The molecule has 0 aromatic carbocycles. The minimum absolute atomic E-state index is 0.157. The molecule has 1 unspecified atom stereocenters. The monoisotopic (exact) mass is 273 g/mol. The lowest BCUT2D eigenvalue weighted by molar-refractivity contribution is -0.194. The number of hydrogen-bond donors (Lipinski definition) is 0. The van der Waals surface area contributed by atoms with E-state index in [1.54, 1.807) is 0 Å². The SMILES string of the molecule is CCOC(OCC)C1OC[C@@H](OC(C)=O)[C@@H]1N=[N+]=[N-]. The van der Waals surface area contributed by atoms with E-state index >= 15 is 0 Å². The molecule has 0 bridgehead atoms. The normalized spacial score (nSPS) is 26.2. The second-order valence-electron chi connectivity index (χ2n) is 3.92. The van der Waals surface area contributed by atoms with Gasteiger partial charge in [-0.25, -0.2) is 0 Å². The van der Waals surface area contributed by atoms with Crippen molar-refractivity contribution < 1.29 is 23.7 Å². The van der Waals surface area contributed by atoms with Gasteiger partial charge in [0.05, 0.1) is 6.61 Å². The third-order valence-electron chi connectivity index (χ3n) is 2.60. The molecule has 1 heterocycles. The quantitative estimate of drug-likeness (QED) is 0.229. The van der Waals surface area contributed by atoms with Crippen LogP contribution in [0.15, 0.2) is 5.11 Å². The van der Waals surface area contributed by atoms with Crippen LogP contribution < -0.4 is 0 Å². The summed E-state index contributed by atoms with van der Waals surface area (Å²) in [7, 11) is 0. The van der Waals surface area contributed by atoms with Gasteiger partial charge < -0.3 is 18.9 Å². The van der Waals surface area contributed by atoms with Gasteiger partial charge in [-0.2, -0.15) is 0 Å². The molecule has 1 aliphatic heterocycles. The zero-order chi connectivity index (χ0) is 14.3. The molecular weight excluding hydrogens is 254 g/mol. The van der Waals surface area contributed by atoms with Crippen LogP contribution in [-0.2, 0) is 23.7 Å². The fraction of sp³-hybridized carbons (Fsp3) is 0.909. The molecule has 8 heteroatoms. The Hall–Kier alpha value is -1.34. The second kappa shape index (κ2) is 7.96. The van der Waals surface area contributed by atoms with Crippen LogP contribution in [0.25, 0.3) is 10.4 Å². The van der Waals surface area contributed by atoms with Gasteiger partial charge in [-0.1, -0.05) is 5.11 Å². The molecule has 0 spiro atoms. The van der Waals surface area contributed by atoms with Gasteiger partial charge in [0, 0.05) is 25.0 Å². The van der Waals surface area contributed by atoms with E-state index in [4.69, 9.17) is 24.5 Å². The summed E-state index contributed by atoms with van der Waals surface area (Å²) < 4.78 is 21.4. The Morgan fingerprint density at radius 3 is 2.58 bits per heavy atom. The molecule has 19 heavy (non-hydrogen) atoms. The molecular formula is C11H19N3O5. The lowest BCUT2D eigenvalue weighted by Gasteiger charge is -2.25. The van der Waals surface area contributed by atoms with Crippen LogP contribution >= 0.6 is 0 Å². The molecule has 0 aliphatic carbocycles. The van der Waals surface area contributed by atoms with Gasteiger partial charge in [0.1, 0.15) is 18.2 Å². The first-order valence-corrected chi connectivity index (χ1v) is 6.20. The summed E-state index contributed by atoms with van der Waals surface area (Å²) >= 11 is 0. The lowest BCUT2D eigenvalue weighted by atomic mass is 10.1. The molecule has 1 saturated heterocycles. The number of carbonyl (C=O) groups excluding carboxylic acids is 1. The molecule has 0 amide bonds. The predicted octanol–water partition coefficient (Wildman–Crippen LogP) is 1.39. The third-order valence-corrected chi connectivity index (χ3v) is 2.60. The number of rotatable bonds is 7. The minimum atomic E-state index is -0.656. The van der Waals surface area contributed by atoms with Crippen molar-refractivity contribution in [3.8, 4) is 0 Å². The van der Waals surface area contributed by atoms with Crippen molar-refractivity contribution in [1.29, 1.82) is 0 Å². The van der Waals surface area contributed by atoms with E-state index in [9.17, 15) is 4.79 Å². The Morgan fingerprint density at radius 1 is 1.47 bits per heavy atom. The highest BCUT2D eigenvalue weighted by Gasteiger charge is 2.44. The first kappa shape index (κ1) is 15.7. The largest absolute Gasteiger partial charge is 0.460 e. The van der Waals surface area contributed by atoms with E-state index in [0.717, 1.165) is 0 Å². The van der Waals surface area contributed by atoms with Crippen LogP contribution in [0.3, 0.4) is 0 Å². The van der Waals surface area contributed by atoms with Crippen LogP contribution in [-0.4, -0.2) is 50.3 Å². The molecule has 1 rings (SSSR count). The lowest BCUT2D eigenvalue weighted by Crippen LogP contribution is -2.41. The first-order chi connectivity index (χ1) is 9.13. The molecule has 108 valence electrons. The van der Waals surface area contributed by atoms with Crippen molar-refractivity contribution in [2.24, 2.45) is 5.11 Å². The van der Waals surface area contributed by atoms with E-state index < -0.39 is 30.5 Å². The van der Waals surface area contributed by atoms with Crippen molar-refractivity contribution in [3.63, 3.8) is 0 Å². The van der Waals surface area contributed by atoms with E-state index in [-0.39, 0.29) is 6.61 Å². The molecule has 1 fully saturated rings. The van der Waals surface area contributed by atoms with Crippen LogP contribution in [0.5, 0.6) is 0 Å². The molecule has 1 aliphatic rings. The predicted molar refractivity (Wildman–Crippen MR) is 65.3 cm³/mol. The maximum absolute atomic E-state index is 11.0. The zero-order valence-electron chi connectivity index (χ0n) is 11.3. The number of hydrogen-bond acceptors (Lipinski definition) is 6. The zero-order valence-corrected chi connectivity index (χ0v) is 11.3. The number of azide groups is 1. The number of ether oxygens (including phenoxy) is 4. The minimum Gasteiger partial charge on any atom is -0.460 e. The molecule has 0 aromatic heterocycles. The summed E-state index contributed by atoms with van der Waals surface area (Å²) in [5.41, 5.74) is 8.62. The summed E-state index contributed by atoms with van der Waals surface area (Å²) in [6, 6.07) is -0.656. The van der Waals surface area contributed by atoms with Crippen LogP contribution in [0, 0.1) is 0 Å². The van der Waals surface area contributed by atoms with Crippen molar-refractivity contribution in [3.05, 3.63) is 10.4 Å². The Labute approximate surface area is 111 Å². The highest BCUT2D eigenvalue weighted by Crippen LogP contribution is 2.25. The van der Waals surface area contributed by atoms with Crippen LogP contribution in [0.4, 0.5) is 0 Å². The Morgan fingerprint density at radius 2 is 2.11 bits per heavy atom. The fourth-order valence-corrected chi connectivity index (χ4v) is 1.94. The van der Waals surface area contributed by atoms with Crippen molar-refractivity contribution in [2.75, 3.05) is 19.8 Å². The van der Waals surface area contributed by atoms with E-state index in [0.29, 0.717) is 13.2 Å². The second-order valence-corrected chi connectivity index (χ2v) is 3.92. The van der Waals surface area contributed by atoms with Gasteiger partial charge in [-0.3, -0.25) is 4.79 Å². The van der Waals surface area contributed by atoms with Gasteiger partial charge in [-0.05, 0) is 19.4 Å². The molecule has 0 N–H and O–H groups in total. The van der Waals surface area contributed by atoms with Crippen LogP contribution in [0.2, 0.25) is 0 Å². The third kappa shape index (κ3) is 4.36. The van der Waals surface area contributed by atoms with Gasteiger partial charge in [0.2, 0.25) is 0 Å². The molecule has 8 nitrogen and oxygen atoms in total. The molecule has 0 saturated carbocycles.